The molecule has 8 atom stereocenters. The summed E-state index contributed by atoms with van der Waals surface area (Å²) >= 11 is 3.39. The Kier molecular flexibility index (Phi) is 6.17. The molecule has 2 aliphatic carbocycles. The molecule has 12 nitrogen and oxygen atoms in total. The third-order valence-corrected chi connectivity index (χ3v) is 12.3. The van der Waals surface area contributed by atoms with Crippen LogP contribution < -0.4 is 14.9 Å². The van der Waals surface area contributed by atoms with Gasteiger partial charge in [-0.25, -0.2) is 0 Å². The lowest BCUT2D eigenvalue weighted by atomic mass is 9.68. The van der Waals surface area contributed by atoms with Gasteiger partial charge in [-0.15, -0.1) is 11.8 Å². The zero-order chi connectivity index (χ0) is 28.7. The van der Waals surface area contributed by atoms with Crippen molar-refractivity contribution in [2.45, 2.75) is 34.3 Å². The maximum absolute atomic E-state index is 13.3. The largest absolute Gasteiger partial charge is 0.480 e. The number of thiazole rings is 1. The Labute approximate surface area is 243 Å². The van der Waals surface area contributed by atoms with Crippen molar-refractivity contribution >= 4 is 69.8 Å². The van der Waals surface area contributed by atoms with Gasteiger partial charge in [0.15, 0.2) is 0 Å². The molecular formula is C26H21N3O9S3. The molecule has 1 aromatic heterocycles. The highest BCUT2D eigenvalue weighted by Crippen LogP contribution is 2.68. The van der Waals surface area contributed by atoms with Crippen LogP contribution >= 0.6 is 34.9 Å². The van der Waals surface area contributed by atoms with Crippen LogP contribution in [-0.2, 0) is 24.0 Å². The number of aliphatic carboxylic acids is 1. The topological polar surface area (TPSA) is 180 Å². The number of carbonyl (C=O) groups excluding carboxylic acids is 5. The number of carboxylic acids is 1. The molecule has 4 heterocycles. The molecule has 2 saturated heterocycles. The van der Waals surface area contributed by atoms with E-state index in [1.165, 1.54) is 11.8 Å². The molecule has 4 amide bonds. The molecule has 1 aromatic carbocycles. The van der Waals surface area contributed by atoms with E-state index in [9.17, 15) is 38.7 Å². The number of nitrogens with one attached hydrogen (secondary N) is 2. The fourth-order valence-corrected chi connectivity index (χ4v) is 11.0. The Bertz CT molecular complexity index is 1600. The molecule has 4 fully saturated rings. The molecule has 2 aromatic rings. The van der Waals surface area contributed by atoms with Crippen molar-refractivity contribution in [3.05, 3.63) is 44.4 Å². The second kappa shape index (κ2) is 9.56. The number of carboxylic acid groups (broad SMARTS) is 1. The van der Waals surface area contributed by atoms with Crippen molar-refractivity contribution in [3.63, 3.8) is 0 Å². The van der Waals surface area contributed by atoms with Crippen molar-refractivity contribution in [2.75, 3.05) is 6.54 Å². The number of amides is 4. The first-order chi connectivity index (χ1) is 19.6. The van der Waals surface area contributed by atoms with Crippen LogP contribution in [0.1, 0.15) is 29.2 Å². The molecule has 2 bridgehead atoms. The standard InChI is InChI=1S/C26H21N3O9S3/c30-13(31)7-29-23(34)17-10-5-11(18(17)24(29)35)19-16(10)15(20-22(40-19)28-26(37)41-20)8-1-3-9(4-2-8)38-14(32)6-12-21(33)27-25(36)39-12/h1-4,10-12,15-19H,5-7H2,(H,28,37)(H,30,31)(H,27,33,36). The van der Waals surface area contributed by atoms with Crippen LogP contribution in [0.25, 0.3) is 0 Å². The number of likely N-dealkylation sites (tertiary alicyclic amines) is 1. The fourth-order valence-electron chi connectivity index (χ4n) is 7.34. The lowest BCUT2D eigenvalue weighted by molar-refractivity contribution is -0.149. The Morgan fingerprint density at radius 1 is 1.00 bits per heavy atom. The number of aromatic nitrogens is 1. The number of thioether (sulfide) groups is 2. The Balaban J connectivity index is 1.16. The van der Waals surface area contributed by atoms with Gasteiger partial charge >= 0.3 is 16.8 Å². The zero-order valence-corrected chi connectivity index (χ0v) is 23.4. The molecule has 7 rings (SSSR count). The minimum Gasteiger partial charge on any atom is -0.480 e. The van der Waals surface area contributed by atoms with Crippen molar-refractivity contribution in [1.29, 1.82) is 0 Å². The summed E-state index contributed by atoms with van der Waals surface area (Å²) in [6.07, 6.45) is 0.419. The van der Waals surface area contributed by atoms with Gasteiger partial charge in [-0.05, 0) is 41.9 Å². The summed E-state index contributed by atoms with van der Waals surface area (Å²) in [6.45, 7) is -0.642. The summed E-state index contributed by atoms with van der Waals surface area (Å²) in [6, 6.07) is 6.86. The molecule has 8 unspecified atom stereocenters. The normalized spacial score (nSPS) is 33.0. The average Bonchev–Trinajstić information content (AvgIpc) is 3.69. The number of rotatable bonds is 6. The molecule has 0 spiro atoms. The fraction of sp³-hybridized carbons (Fsp3) is 0.423. The number of fused-ring (bicyclic) bond motifs is 9. The van der Waals surface area contributed by atoms with Crippen LogP contribution in [0.4, 0.5) is 4.79 Å². The third kappa shape index (κ3) is 4.15. The van der Waals surface area contributed by atoms with Gasteiger partial charge in [-0.3, -0.25) is 43.8 Å². The maximum atomic E-state index is 13.3. The molecule has 212 valence electrons. The maximum Gasteiger partial charge on any atom is 0.323 e. The van der Waals surface area contributed by atoms with Crippen LogP contribution in [-0.4, -0.2) is 66.9 Å². The summed E-state index contributed by atoms with van der Waals surface area (Å²) in [7, 11) is 0. The molecule has 5 aliphatic rings. The number of benzene rings is 1. The molecule has 0 radical (unpaired) electrons. The first-order valence-corrected chi connectivity index (χ1v) is 15.5. The van der Waals surface area contributed by atoms with E-state index < -0.39 is 58.5 Å². The number of aromatic amines is 1. The first kappa shape index (κ1) is 26.5. The second-order valence-corrected chi connectivity index (χ2v) is 14.1. The van der Waals surface area contributed by atoms with Crippen LogP contribution in [0, 0.1) is 29.6 Å². The number of imide groups is 2. The Morgan fingerprint density at radius 2 is 1.71 bits per heavy atom. The minimum absolute atomic E-state index is 0.0409. The van der Waals surface area contributed by atoms with Gasteiger partial charge in [0.2, 0.25) is 17.7 Å². The van der Waals surface area contributed by atoms with Crippen LogP contribution in [0.2, 0.25) is 0 Å². The van der Waals surface area contributed by atoms with Gasteiger partial charge in [0.25, 0.3) is 5.24 Å². The monoisotopic (exact) mass is 615 g/mol. The number of carbonyl (C=O) groups is 6. The van der Waals surface area contributed by atoms with Crippen molar-refractivity contribution < 1.29 is 38.6 Å². The predicted octanol–water partition coefficient (Wildman–Crippen LogP) is 1.64. The highest BCUT2D eigenvalue weighted by Gasteiger charge is 2.69. The van der Waals surface area contributed by atoms with E-state index in [1.54, 1.807) is 24.3 Å². The van der Waals surface area contributed by atoms with E-state index in [-0.39, 0.29) is 46.0 Å². The van der Waals surface area contributed by atoms with Gasteiger partial charge < -0.3 is 14.8 Å². The van der Waals surface area contributed by atoms with E-state index in [4.69, 9.17) is 4.74 Å². The highest BCUT2D eigenvalue weighted by atomic mass is 32.2. The summed E-state index contributed by atoms with van der Waals surface area (Å²) in [5.74, 6) is -4.71. The first-order valence-electron chi connectivity index (χ1n) is 12.9. The van der Waals surface area contributed by atoms with Gasteiger partial charge in [0.1, 0.15) is 17.5 Å². The number of ether oxygens (including phenoxy) is 1. The number of nitrogens with zero attached hydrogens (tertiary/aromatic N) is 1. The molecule has 41 heavy (non-hydrogen) atoms. The zero-order valence-electron chi connectivity index (χ0n) is 20.9. The Hall–Kier alpha value is -3.43. The summed E-state index contributed by atoms with van der Waals surface area (Å²) in [5, 5.41) is 10.8. The molecular weight excluding hydrogens is 594 g/mol. The van der Waals surface area contributed by atoms with Gasteiger partial charge in [0.05, 0.1) is 23.3 Å². The van der Waals surface area contributed by atoms with Crippen molar-refractivity contribution in [1.82, 2.24) is 15.2 Å². The summed E-state index contributed by atoms with van der Waals surface area (Å²) < 4.78 is 5.40. The number of H-pyrrole nitrogens is 1. The third-order valence-electron chi connectivity index (χ3n) is 8.70. The van der Waals surface area contributed by atoms with E-state index in [0.29, 0.717) is 6.42 Å². The highest BCUT2D eigenvalue weighted by molar-refractivity contribution is 8.15. The lowest BCUT2D eigenvalue weighted by Crippen LogP contribution is -2.42. The Morgan fingerprint density at radius 3 is 2.37 bits per heavy atom. The molecule has 3 N–H and O–H groups in total. The van der Waals surface area contributed by atoms with Crippen molar-refractivity contribution in [3.8, 4) is 5.75 Å². The number of esters is 1. The van der Waals surface area contributed by atoms with E-state index in [1.807, 2.05) is 0 Å². The van der Waals surface area contributed by atoms with Gasteiger partial charge in [0, 0.05) is 16.0 Å². The quantitative estimate of drug-likeness (QED) is 0.244. The van der Waals surface area contributed by atoms with E-state index >= 15 is 0 Å². The number of hydrogen-bond donors (Lipinski definition) is 3. The van der Waals surface area contributed by atoms with Crippen LogP contribution in [0.3, 0.4) is 0 Å². The summed E-state index contributed by atoms with van der Waals surface area (Å²) in [4.78, 5) is 90.2. The van der Waals surface area contributed by atoms with E-state index in [0.717, 1.165) is 43.5 Å². The van der Waals surface area contributed by atoms with Crippen LogP contribution in [0.15, 0.2) is 34.1 Å². The van der Waals surface area contributed by atoms with Crippen molar-refractivity contribution in [2.24, 2.45) is 29.6 Å². The van der Waals surface area contributed by atoms with Crippen LogP contribution in [0.5, 0.6) is 5.75 Å². The molecule has 3 aliphatic heterocycles. The predicted molar refractivity (Wildman–Crippen MR) is 144 cm³/mol. The van der Waals surface area contributed by atoms with E-state index in [2.05, 4.69) is 10.3 Å². The second-order valence-electron chi connectivity index (χ2n) is 10.7. The minimum atomic E-state index is -1.23. The summed E-state index contributed by atoms with van der Waals surface area (Å²) in [5.41, 5.74) is 0.858. The molecule has 2 saturated carbocycles. The van der Waals surface area contributed by atoms with Gasteiger partial charge in [-0.2, -0.15) is 0 Å². The average molecular weight is 616 g/mol. The smallest absolute Gasteiger partial charge is 0.323 e. The number of hydrogen-bond acceptors (Lipinski definition) is 11. The molecule has 15 heteroatoms. The SMILES string of the molecule is O=C(O)CN1C(=O)C2C3CC(C2C1=O)C1C(c2ccc(OC(=O)CC4SC(=O)NC4=O)cc2)c2sc(=O)[nH]c2SC31. The van der Waals surface area contributed by atoms with Gasteiger partial charge in [-0.1, -0.05) is 35.2 Å². The lowest BCUT2D eigenvalue weighted by Gasteiger charge is -2.43.